The van der Waals surface area contributed by atoms with Crippen molar-refractivity contribution in [2.75, 3.05) is 0 Å². The molecule has 0 fully saturated rings. The van der Waals surface area contributed by atoms with Gasteiger partial charge in [-0.2, -0.15) is 0 Å². The van der Waals surface area contributed by atoms with Crippen molar-refractivity contribution in [1.29, 1.82) is 0 Å². The van der Waals surface area contributed by atoms with Crippen molar-refractivity contribution < 1.29 is 14.3 Å². The van der Waals surface area contributed by atoms with E-state index in [9.17, 15) is 4.79 Å². The first-order chi connectivity index (χ1) is 15.8. The van der Waals surface area contributed by atoms with Crippen molar-refractivity contribution in [3.05, 3.63) is 126 Å². The standard InChI is InChI=1S/C27H24N2O3/c30-27(24-7-4-8-26(17-24)32-25-13-15-28-16-14-25)29-18-21-9-11-23(12-10-21)20-31-19-22-5-2-1-3-6-22/h1-17H,18-20H2,(H,29,30). The molecule has 160 valence electrons. The minimum absolute atomic E-state index is 0.152. The van der Waals surface area contributed by atoms with E-state index in [0.717, 1.165) is 16.7 Å². The van der Waals surface area contributed by atoms with Crippen LogP contribution in [0.3, 0.4) is 0 Å². The van der Waals surface area contributed by atoms with Gasteiger partial charge in [0.05, 0.1) is 13.2 Å². The lowest BCUT2D eigenvalue weighted by Crippen LogP contribution is -2.22. The molecule has 4 rings (SSSR count). The van der Waals surface area contributed by atoms with Crippen molar-refractivity contribution in [3.63, 3.8) is 0 Å². The molecular formula is C27H24N2O3. The largest absolute Gasteiger partial charge is 0.457 e. The van der Waals surface area contributed by atoms with Crippen LogP contribution in [0, 0.1) is 0 Å². The van der Waals surface area contributed by atoms with E-state index < -0.39 is 0 Å². The second-order valence-corrected chi connectivity index (χ2v) is 7.29. The number of pyridine rings is 1. The number of hydrogen-bond donors (Lipinski definition) is 1. The second kappa shape index (κ2) is 10.9. The highest BCUT2D eigenvalue weighted by molar-refractivity contribution is 5.94. The summed E-state index contributed by atoms with van der Waals surface area (Å²) in [6, 6.07) is 28.8. The molecule has 3 aromatic carbocycles. The molecule has 1 heterocycles. The fourth-order valence-corrected chi connectivity index (χ4v) is 3.14. The van der Waals surface area contributed by atoms with Crippen LogP contribution in [0.2, 0.25) is 0 Å². The van der Waals surface area contributed by atoms with Gasteiger partial charge in [0.1, 0.15) is 11.5 Å². The molecule has 1 N–H and O–H groups in total. The van der Waals surface area contributed by atoms with Crippen LogP contribution in [0.25, 0.3) is 0 Å². The van der Waals surface area contributed by atoms with Gasteiger partial charge in [-0.3, -0.25) is 9.78 Å². The molecular weight excluding hydrogens is 400 g/mol. The highest BCUT2D eigenvalue weighted by atomic mass is 16.5. The zero-order valence-electron chi connectivity index (χ0n) is 17.6. The Balaban J connectivity index is 1.26. The van der Waals surface area contributed by atoms with Gasteiger partial charge in [0, 0.05) is 24.5 Å². The Morgan fingerprint density at radius 3 is 2.16 bits per heavy atom. The molecule has 0 saturated heterocycles. The molecule has 32 heavy (non-hydrogen) atoms. The summed E-state index contributed by atoms with van der Waals surface area (Å²) in [7, 11) is 0. The Hall–Kier alpha value is -3.96. The number of hydrogen-bond acceptors (Lipinski definition) is 4. The van der Waals surface area contributed by atoms with E-state index in [-0.39, 0.29) is 5.91 Å². The van der Waals surface area contributed by atoms with Gasteiger partial charge in [-0.1, -0.05) is 60.7 Å². The number of rotatable bonds is 9. The van der Waals surface area contributed by atoms with Gasteiger partial charge in [-0.15, -0.1) is 0 Å². The summed E-state index contributed by atoms with van der Waals surface area (Å²) in [6.45, 7) is 1.58. The van der Waals surface area contributed by atoms with Gasteiger partial charge in [-0.05, 0) is 47.0 Å². The van der Waals surface area contributed by atoms with E-state index in [1.165, 1.54) is 0 Å². The summed E-state index contributed by atoms with van der Waals surface area (Å²) < 4.78 is 11.5. The van der Waals surface area contributed by atoms with Crippen molar-refractivity contribution in [2.24, 2.45) is 0 Å². The second-order valence-electron chi connectivity index (χ2n) is 7.29. The molecule has 0 saturated carbocycles. The molecule has 0 spiro atoms. The fraction of sp³-hybridized carbons (Fsp3) is 0.111. The number of benzene rings is 3. The maximum Gasteiger partial charge on any atom is 0.251 e. The van der Waals surface area contributed by atoms with Gasteiger partial charge in [0.15, 0.2) is 0 Å². The molecule has 0 aliphatic carbocycles. The van der Waals surface area contributed by atoms with Gasteiger partial charge < -0.3 is 14.8 Å². The normalized spacial score (nSPS) is 10.5. The Morgan fingerprint density at radius 2 is 1.41 bits per heavy atom. The van der Waals surface area contributed by atoms with Crippen LogP contribution < -0.4 is 10.1 Å². The molecule has 0 bridgehead atoms. The quantitative estimate of drug-likeness (QED) is 0.384. The van der Waals surface area contributed by atoms with Crippen LogP contribution >= 0.6 is 0 Å². The minimum atomic E-state index is -0.152. The van der Waals surface area contributed by atoms with Crippen LogP contribution in [-0.2, 0) is 24.5 Å². The molecule has 5 nitrogen and oxygen atoms in total. The maximum atomic E-state index is 12.6. The van der Waals surface area contributed by atoms with E-state index in [4.69, 9.17) is 9.47 Å². The maximum absolute atomic E-state index is 12.6. The summed E-state index contributed by atoms with van der Waals surface area (Å²) in [5.74, 6) is 1.12. The third-order valence-corrected chi connectivity index (χ3v) is 4.84. The van der Waals surface area contributed by atoms with Crippen LogP contribution in [0.15, 0.2) is 103 Å². The number of carbonyl (C=O) groups excluding carboxylic acids is 1. The highest BCUT2D eigenvalue weighted by Crippen LogP contribution is 2.21. The molecule has 1 aromatic heterocycles. The lowest BCUT2D eigenvalue weighted by molar-refractivity contribution is 0.0950. The van der Waals surface area contributed by atoms with Crippen molar-refractivity contribution in [1.82, 2.24) is 10.3 Å². The highest BCUT2D eigenvalue weighted by Gasteiger charge is 2.07. The number of nitrogens with zero attached hydrogens (tertiary/aromatic N) is 1. The SMILES string of the molecule is O=C(NCc1ccc(COCc2ccccc2)cc1)c1cccc(Oc2ccncc2)c1. The number of ether oxygens (including phenoxy) is 2. The first kappa shape index (κ1) is 21.3. The first-order valence-corrected chi connectivity index (χ1v) is 10.4. The predicted octanol–water partition coefficient (Wildman–Crippen LogP) is 5.52. The lowest BCUT2D eigenvalue weighted by Gasteiger charge is -2.09. The van der Waals surface area contributed by atoms with Gasteiger partial charge in [0.2, 0.25) is 0 Å². The van der Waals surface area contributed by atoms with Gasteiger partial charge in [0.25, 0.3) is 5.91 Å². The summed E-state index contributed by atoms with van der Waals surface area (Å²) in [5.41, 5.74) is 3.82. The van der Waals surface area contributed by atoms with Crippen molar-refractivity contribution in [3.8, 4) is 11.5 Å². The Morgan fingerprint density at radius 1 is 0.719 bits per heavy atom. The topological polar surface area (TPSA) is 60.5 Å². The van der Waals surface area contributed by atoms with E-state index in [1.807, 2.05) is 60.7 Å². The number of nitrogens with one attached hydrogen (secondary N) is 1. The molecule has 4 aromatic rings. The predicted molar refractivity (Wildman–Crippen MR) is 123 cm³/mol. The first-order valence-electron chi connectivity index (χ1n) is 10.4. The molecule has 0 aliphatic heterocycles. The number of amides is 1. The zero-order chi connectivity index (χ0) is 22.0. The van der Waals surface area contributed by atoms with Gasteiger partial charge >= 0.3 is 0 Å². The van der Waals surface area contributed by atoms with Crippen LogP contribution in [0.4, 0.5) is 0 Å². The minimum Gasteiger partial charge on any atom is -0.457 e. The Kier molecular flexibility index (Phi) is 7.24. The van der Waals surface area contributed by atoms with Gasteiger partial charge in [-0.25, -0.2) is 0 Å². The summed E-state index contributed by atoms with van der Waals surface area (Å²) >= 11 is 0. The third-order valence-electron chi connectivity index (χ3n) is 4.84. The van der Waals surface area contributed by atoms with E-state index in [0.29, 0.717) is 36.8 Å². The molecule has 5 heteroatoms. The third kappa shape index (κ3) is 6.27. The van der Waals surface area contributed by atoms with E-state index in [2.05, 4.69) is 10.3 Å². The van der Waals surface area contributed by atoms with Crippen molar-refractivity contribution >= 4 is 5.91 Å². The number of aromatic nitrogens is 1. The molecule has 0 aliphatic rings. The van der Waals surface area contributed by atoms with Crippen LogP contribution in [0.5, 0.6) is 11.5 Å². The Bertz CT molecular complexity index is 1130. The van der Waals surface area contributed by atoms with E-state index >= 15 is 0 Å². The summed E-state index contributed by atoms with van der Waals surface area (Å²) in [5, 5.41) is 2.95. The molecule has 1 amide bonds. The Labute approximate surface area is 187 Å². The smallest absolute Gasteiger partial charge is 0.251 e. The summed E-state index contributed by atoms with van der Waals surface area (Å²) in [6.07, 6.45) is 3.32. The molecule has 0 radical (unpaired) electrons. The van der Waals surface area contributed by atoms with E-state index in [1.54, 1.807) is 42.7 Å². The number of carbonyl (C=O) groups is 1. The average molecular weight is 425 g/mol. The molecule has 0 unspecified atom stereocenters. The van der Waals surface area contributed by atoms with Crippen LogP contribution in [0.1, 0.15) is 27.0 Å². The summed E-state index contributed by atoms with van der Waals surface area (Å²) in [4.78, 5) is 16.5. The molecule has 0 atom stereocenters. The lowest BCUT2D eigenvalue weighted by atomic mass is 10.1. The van der Waals surface area contributed by atoms with Crippen molar-refractivity contribution in [2.45, 2.75) is 19.8 Å². The zero-order valence-corrected chi connectivity index (χ0v) is 17.6. The monoisotopic (exact) mass is 424 g/mol. The van der Waals surface area contributed by atoms with Crippen LogP contribution in [-0.4, -0.2) is 10.9 Å². The average Bonchev–Trinajstić information content (AvgIpc) is 2.85. The fourth-order valence-electron chi connectivity index (χ4n) is 3.14.